The minimum absolute atomic E-state index is 0.0957. The molecule has 0 bridgehead atoms. The zero-order valence-corrected chi connectivity index (χ0v) is 17.9. The summed E-state index contributed by atoms with van der Waals surface area (Å²) in [4.78, 5) is 2.33. The summed E-state index contributed by atoms with van der Waals surface area (Å²) in [6, 6.07) is 22.3. The molecule has 0 fully saturated rings. The highest BCUT2D eigenvalue weighted by molar-refractivity contribution is 7.98. The third kappa shape index (κ3) is 6.14. The van der Waals surface area contributed by atoms with Crippen LogP contribution in [0.5, 0.6) is 0 Å². The lowest BCUT2D eigenvalue weighted by Crippen LogP contribution is -2.10. The lowest BCUT2D eigenvalue weighted by atomic mass is 10.1. The van der Waals surface area contributed by atoms with E-state index in [2.05, 4.69) is 25.1 Å². The Morgan fingerprint density at radius 3 is 1.41 bits per heavy atom. The fraction of sp³-hybridized carbons (Fsp3) is 0.130. The van der Waals surface area contributed by atoms with Gasteiger partial charge >= 0.3 is 0 Å². The molecule has 3 aromatic rings. The smallest absolute Gasteiger partial charge is 0.122 e. The fourth-order valence-electron chi connectivity index (χ4n) is 2.91. The number of thioether (sulfide) groups is 2. The van der Waals surface area contributed by atoms with Crippen LogP contribution in [0.3, 0.4) is 0 Å². The van der Waals surface area contributed by atoms with Crippen molar-refractivity contribution in [3.63, 3.8) is 0 Å². The normalized spacial score (nSPS) is 10.7. The lowest BCUT2D eigenvalue weighted by molar-refractivity contribution is 1.27. The van der Waals surface area contributed by atoms with Crippen LogP contribution in [-0.2, 0) is 11.5 Å². The standard InChI is InChI=1S/C23H24N4S2/c1-15-10-16(13-28-20-6-2-18(3-7-20)22(24)25)12-17(11-15)14-29-21-8-4-19(5-9-21)23(26)27/h2-12H,13-14H2,1H3,(H3,24,25)(H3,26,27). The minimum Gasteiger partial charge on any atom is -0.384 e. The summed E-state index contributed by atoms with van der Waals surface area (Å²) in [5, 5.41) is 14.9. The second-order valence-corrected chi connectivity index (χ2v) is 8.88. The van der Waals surface area contributed by atoms with E-state index in [4.69, 9.17) is 22.3 Å². The zero-order valence-electron chi connectivity index (χ0n) is 16.2. The molecule has 0 aliphatic heterocycles. The van der Waals surface area contributed by atoms with Crippen LogP contribution < -0.4 is 11.5 Å². The first-order valence-electron chi connectivity index (χ1n) is 9.14. The van der Waals surface area contributed by atoms with Gasteiger partial charge in [0, 0.05) is 32.4 Å². The van der Waals surface area contributed by atoms with Gasteiger partial charge in [-0.2, -0.15) is 0 Å². The Kier molecular flexibility index (Phi) is 7.01. The molecular formula is C23H24N4S2. The first-order chi connectivity index (χ1) is 13.9. The van der Waals surface area contributed by atoms with Gasteiger partial charge < -0.3 is 11.5 Å². The highest BCUT2D eigenvalue weighted by Crippen LogP contribution is 2.27. The van der Waals surface area contributed by atoms with E-state index in [1.54, 1.807) is 23.5 Å². The van der Waals surface area contributed by atoms with Crippen molar-refractivity contribution >= 4 is 35.2 Å². The summed E-state index contributed by atoms with van der Waals surface area (Å²) in [6.07, 6.45) is 0. The topological polar surface area (TPSA) is 99.7 Å². The molecule has 0 aliphatic carbocycles. The van der Waals surface area contributed by atoms with Gasteiger partial charge in [0.05, 0.1) is 0 Å². The quantitative estimate of drug-likeness (QED) is 0.230. The summed E-state index contributed by atoms with van der Waals surface area (Å²) >= 11 is 3.56. The summed E-state index contributed by atoms with van der Waals surface area (Å²) in [7, 11) is 0. The van der Waals surface area contributed by atoms with E-state index in [0.29, 0.717) is 0 Å². The minimum atomic E-state index is 0.0957. The summed E-state index contributed by atoms with van der Waals surface area (Å²) < 4.78 is 0. The van der Waals surface area contributed by atoms with Crippen LogP contribution in [-0.4, -0.2) is 11.7 Å². The van der Waals surface area contributed by atoms with E-state index >= 15 is 0 Å². The Labute approximate surface area is 180 Å². The number of hydrogen-bond donors (Lipinski definition) is 4. The van der Waals surface area contributed by atoms with Crippen LogP contribution in [0, 0.1) is 17.7 Å². The van der Waals surface area contributed by atoms with Gasteiger partial charge in [-0.15, -0.1) is 23.5 Å². The Bertz CT molecular complexity index is 932. The van der Waals surface area contributed by atoms with Crippen molar-refractivity contribution in [1.82, 2.24) is 0 Å². The second kappa shape index (κ2) is 9.67. The van der Waals surface area contributed by atoms with Crippen molar-refractivity contribution in [3.05, 3.63) is 94.5 Å². The molecule has 0 atom stereocenters. The predicted molar refractivity (Wildman–Crippen MR) is 125 cm³/mol. The third-order valence-electron chi connectivity index (χ3n) is 4.34. The molecule has 6 N–H and O–H groups in total. The number of amidine groups is 2. The van der Waals surface area contributed by atoms with Gasteiger partial charge in [-0.05, 0) is 42.3 Å². The van der Waals surface area contributed by atoms with Crippen LogP contribution in [0.4, 0.5) is 0 Å². The van der Waals surface area contributed by atoms with Crippen molar-refractivity contribution in [1.29, 1.82) is 10.8 Å². The predicted octanol–water partition coefficient (Wildman–Crippen LogP) is 5.15. The molecule has 0 radical (unpaired) electrons. The molecule has 6 heteroatoms. The first kappa shape index (κ1) is 21.0. The number of rotatable bonds is 8. The van der Waals surface area contributed by atoms with Gasteiger partial charge in [0.2, 0.25) is 0 Å². The second-order valence-electron chi connectivity index (χ2n) is 6.78. The number of hydrogen-bond acceptors (Lipinski definition) is 4. The lowest BCUT2D eigenvalue weighted by Gasteiger charge is -2.09. The number of benzene rings is 3. The maximum Gasteiger partial charge on any atom is 0.122 e. The SMILES string of the molecule is Cc1cc(CSc2ccc(C(=N)N)cc2)cc(CSc2ccc(C(=N)N)cc2)c1. The van der Waals surface area contributed by atoms with E-state index < -0.39 is 0 Å². The maximum atomic E-state index is 7.47. The average molecular weight is 421 g/mol. The molecule has 0 saturated carbocycles. The van der Waals surface area contributed by atoms with Gasteiger partial charge in [-0.1, -0.05) is 48.0 Å². The van der Waals surface area contributed by atoms with Gasteiger partial charge in [0.25, 0.3) is 0 Å². The van der Waals surface area contributed by atoms with Crippen LogP contribution in [0.15, 0.2) is 76.5 Å². The van der Waals surface area contributed by atoms with Crippen molar-refractivity contribution < 1.29 is 0 Å². The molecule has 0 aliphatic rings. The van der Waals surface area contributed by atoms with E-state index in [1.807, 2.05) is 48.5 Å². The Balaban J connectivity index is 1.61. The van der Waals surface area contributed by atoms with Crippen molar-refractivity contribution in [2.24, 2.45) is 11.5 Å². The van der Waals surface area contributed by atoms with Crippen LogP contribution in [0.1, 0.15) is 27.8 Å². The molecule has 0 heterocycles. The highest BCUT2D eigenvalue weighted by Gasteiger charge is 2.04. The molecule has 4 nitrogen and oxygen atoms in total. The third-order valence-corrected chi connectivity index (χ3v) is 6.50. The molecule has 0 aromatic heterocycles. The highest BCUT2D eigenvalue weighted by atomic mass is 32.2. The van der Waals surface area contributed by atoms with Crippen molar-refractivity contribution in [2.45, 2.75) is 28.2 Å². The molecule has 0 unspecified atom stereocenters. The molecule has 0 spiro atoms. The van der Waals surface area contributed by atoms with E-state index in [0.717, 1.165) is 32.4 Å². The zero-order chi connectivity index (χ0) is 20.8. The van der Waals surface area contributed by atoms with Crippen LogP contribution in [0.2, 0.25) is 0 Å². The summed E-state index contributed by atoms with van der Waals surface area (Å²) in [6.45, 7) is 2.13. The van der Waals surface area contributed by atoms with E-state index in [1.165, 1.54) is 16.7 Å². The molecule has 29 heavy (non-hydrogen) atoms. The largest absolute Gasteiger partial charge is 0.384 e. The van der Waals surface area contributed by atoms with Gasteiger partial charge in [-0.3, -0.25) is 10.8 Å². The van der Waals surface area contributed by atoms with E-state index in [9.17, 15) is 0 Å². The van der Waals surface area contributed by atoms with Crippen LogP contribution in [0.25, 0.3) is 0 Å². The monoisotopic (exact) mass is 420 g/mol. The number of nitrogens with one attached hydrogen (secondary N) is 2. The molecular weight excluding hydrogens is 396 g/mol. The number of nitrogens with two attached hydrogens (primary N) is 2. The van der Waals surface area contributed by atoms with Gasteiger partial charge in [0.15, 0.2) is 0 Å². The molecule has 3 rings (SSSR count). The molecule has 148 valence electrons. The van der Waals surface area contributed by atoms with Gasteiger partial charge in [0.1, 0.15) is 11.7 Å². The molecule has 0 amide bonds. The Morgan fingerprint density at radius 1 is 0.690 bits per heavy atom. The van der Waals surface area contributed by atoms with Crippen LogP contribution >= 0.6 is 23.5 Å². The maximum absolute atomic E-state index is 7.47. The first-order valence-corrected chi connectivity index (χ1v) is 11.1. The summed E-state index contributed by atoms with van der Waals surface area (Å²) in [5.74, 6) is 1.98. The number of aryl methyl sites for hydroxylation is 1. The molecule has 0 saturated heterocycles. The average Bonchev–Trinajstić information content (AvgIpc) is 2.71. The van der Waals surface area contributed by atoms with Gasteiger partial charge in [-0.25, -0.2) is 0 Å². The van der Waals surface area contributed by atoms with Crippen molar-refractivity contribution in [3.8, 4) is 0 Å². The molecule has 3 aromatic carbocycles. The van der Waals surface area contributed by atoms with Crippen molar-refractivity contribution in [2.75, 3.05) is 0 Å². The van der Waals surface area contributed by atoms with E-state index in [-0.39, 0.29) is 11.7 Å². The number of nitrogen functional groups attached to an aromatic ring is 2. The summed E-state index contributed by atoms with van der Waals surface area (Å²) in [5.41, 5.74) is 16.4. The Morgan fingerprint density at radius 2 is 1.07 bits per heavy atom. The fourth-order valence-corrected chi connectivity index (χ4v) is 4.57. The Hall–Kier alpha value is -2.70.